The maximum atomic E-state index is 13.5. The SMILES string of the molecule is CN(C(=O)C1CCC(C(=O)CCCNC(=O)c2cn(-c3ccccc3)nc2C(F)(F)F)CC1)c1nnc(C(F)(F)F)s1. The van der Waals surface area contributed by atoms with Gasteiger partial charge in [-0.05, 0) is 44.2 Å². The lowest BCUT2D eigenvalue weighted by Crippen LogP contribution is -2.36. The van der Waals surface area contributed by atoms with Crippen LogP contribution in [0.15, 0.2) is 36.5 Å². The molecule has 9 nitrogen and oxygen atoms in total. The second kappa shape index (κ2) is 12.6. The number of rotatable bonds is 9. The molecule has 0 unspecified atom stereocenters. The molecule has 2 amide bonds. The number of aromatic nitrogens is 4. The quantitative estimate of drug-likeness (QED) is 0.258. The Morgan fingerprint density at radius 2 is 1.62 bits per heavy atom. The zero-order chi connectivity index (χ0) is 30.7. The molecule has 1 aliphatic carbocycles. The van der Waals surface area contributed by atoms with Crippen LogP contribution in [0.3, 0.4) is 0 Å². The highest BCUT2D eigenvalue weighted by Crippen LogP contribution is 2.36. The van der Waals surface area contributed by atoms with Crippen molar-refractivity contribution in [2.75, 3.05) is 18.5 Å². The molecular formula is C26H26F6N6O3S. The van der Waals surface area contributed by atoms with E-state index in [-0.39, 0.29) is 47.6 Å². The summed E-state index contributed by atoms with van der Waals surface area (Å²) in [4.78, 5) is 39.1. The summed E-state index contributed by atoms with van der Waals surface area (Å²) in [6.07, 6.45) is -6.64. The Morgan fingerprint density at radius 3 is 2.21 bits per heavy atom. The fourth-order valence-electron chi connectivity index (χ4n) is 4.72. The van der Waals surface area contributed by atoms with Gasteiger partial charge in [-0.2, -0.15) is 31.4 Å². The van der Waals surface area contributed by atoms with Gasteiger partial charge in [-0.15, -0.1) is 10.2 Å². The molecular weight excluding hydrogens is 590 g/mol. The van der Waals surface area contributed by atoms with Crippen LogP contribution in [0.25, 0.3) is 5.69 Å². The first-order valence-electron chi connectivity index (χ1n) is 13.0. The highest BCUT2D eigenvalue weighted by atomic mass is 32.1. The topological polar surface area (TPSA) is 110 Å². The van der Waals surface area contributed by atoms with Gasteiger partial charge in [0, 0.05) is 38.0 Å². The second-order valence-electron chi connectivity index (χ2n) is 9.83. The number of ketones is 1. The monoisotopic (exact) mass is 616 g/mol. The number of benzene rings is 1. The summed E-state index contributed by atoms with van der Waals surface area (Å²) < 4.78 is 79.9. The molecule has 1 aliphatic rings. The van der Waals surface area contributed by atoms with E-state index >= 15 is 0 Å². The molecule has 3 aromatic rings. The predicted molar refractivity (Wildman–Crippen MR) is 139 cm³/mol. The van der Waals surface area contributed by atoms with Crippen molar-refractivity contribution in [2.45, 2.75) is 50.9 Å². The van der Waals surface area contributed by atoms with Crippen LogP contribution >= 0.6 is 11.3 Å². The summed E-state index contributed by atoms with van der Waals surface area (Å²) in [6, 6.07) is 8.04. The maximum absolute atomic E-state index is 13.5. The molecule has 1 saturated carbocycles. The number of amides is 2. The van der Waals surface area contributed by atoms with E-state index in [0.717, 1.165) is 15.8 Å². The van der Waals surface area contributed by atoms with Crippen LogP contribution in [0, 0.1) is 11.8 Å². The maximum Gasteiger partial charge on any atom is 0.445 e. The molecule has 42 heavy (non-hydrogen) atoms. The Morgan fingerprint density at radius 1 is 0.976 bits per heavy atom. The molecule has 16 heteroatoms. The van der Waals surface area contributed by atoms with Crippen LogP contribution in [-0.4, -0.2) is 51.2 Å². The molecule has 0 saturated heterocycles. The largest absolute Gasteiger partial charge is 0.445 e. The van der Waals surface area contributed by atoms with Crippen molar-refractivity contribution in [1.82, 2.24) is 25.3 Å². The number of anilines is 1. The van der Waals surface area contributed by atoms with Crippen molar-refractivity contribution in [2.24, 2.45) is 11.8 Å². The van der Waals surface area contributed by atoms with E-state index in [0.29, 0.717) is 31.4 Å². The van der Waals surface area contributed by atoms with Gasteiger partial charge in [0.2, 0.25) is 16.0 Å². The lowest BCUT2D eigenvalue weighted by Gasteiger charge is -2.29. The van der Waals surface area contributed by atoms with Crippen molar-refractivity contribution >= 4 is 34.1 Å². The molecule has 0 radical (unpaired) electrons. The highest BCUT2D eigenvalue weighted by molar-refractivity contribution is 7.15. The van der Waals surface area contributed by atoms with E-state index in [1.807, 2.05) is 0 Å². The van der Waals surface area contributed by atoms with Gasteiger partial charge in [-0.25, -0.2) is 4.68 Å². The fourth-order valence-corrected chi connectivity index (χ4v) is 5.40. The van der Waals surface area contributed by atoms with Gasteiger partial charge in [-0.3, -0.25) is 19.3 Å². The predicted octanol–water partition coefficient (Wildman–Crippen LogP) is 5.31. The smallest absolute Gasteiger partial charge is 0.352 e. The summed E-state index contributed by atoms with van der Waals surface area (Å²) in [6.45, 7) is -0.0290. The van der Waals surface area contributed by atoms with Crippen LogP contribution in [0.5, 0.6) is 0 Å². The third-order valence-corrected chi connectivity index (χ3v) is 7.98. The number of alkyl halides is 6. The van der Waals surface area contributed by atoms with Gasteiger partial charge < -0.3 is 5.32 Å². The van der Waals surface area contributed by atoms with E-state index in [4.69, 9.17) is 0 Å². The van der Waals surface area contributed by atoms with E-state index in [2.05, 4.69) is 20.6 Å². The minimum Gasteiger partial charge on any atom is -0.352 e. The van der Waals surface area contributed by atoms with E-state index < -0.39 is 46.3 Å². The van der Waals surface area contributed by atoms with Crippen LogP contribution in [0.2, 0.25) is 0 Å². The summed E-state index contributed by atoms with van der Waals surface area (Å²) in [5.74, 6) is -2.25. The number of halogens is 6. The van der Waals surface area contributed by atoms with Gasteiger partial charge >= 0.3 is 12.4 Å². The van der Waals surface area contributed by atoms with Gasteiger partial charge in [0.15, 0.2) is 5.69 Å². The lowest BCUT2D eigenvalue weighted by molar-refractivity contribution is -0.141. The van der Waals surface area contributed by atoms with Gasteiger partial charge in [0.25, 0.3) is 5.91 Å². The normalized spacial score (nSPS) is 17.6. The molecule has 1 aromatic carbocycles. The average molecular weight is 617 g/mol. The van der Waals surface area contributed by atoms with Crippen LogP contribution < -0.4 is 10.2 Å². The molecule has 4 rings (SSSR count). The minimum atomic E-state index is -4.85. The van der Waals surface area contributed by atoms with E-state index in [1.54, 1.807) is 30.3 Å². The Kier molecular flexibility index (Phi) is 9.33. The molecule has 1 N–H and O–H groups in total. The molecule has 226 valence electrons. The first-order chi connectivity index (χ1) is 19.8. The Balaban J connectivity index is 1.24. The Labute approximate surface area is 239 Å². The third-order valence-electron chi connectivity index (χ3n) is 6.94. The molecule has 0 spiro atoms. The molecule has 2 heterocycles. The fraction of sp³-hybridized carbons (Fsp3) is 0.462. The summed E-state index contributed by atoms with van der Waals surface area (Å²) >= 11 is 0.273. The van der Waals surface area contributed by atoms with Crippen molar-refractivity contribution in [1.29, 1.82) is 0 Å². The molecule has 2 aromatic heterocycles. The zero-order valence-electron chi connectivity index (χ0n) is 22.2. The number of hydrogen-bond donors (Lipinski definition) is 1. The number of carbonyl (C=O) groups is 3. The number of nitrogens with one attached hydrogen (secondary N) is 1. The first kappa shape index (κ1) is 31.1. The number of carbonyl (C=O) groups excluding carboxylic acids is 3. The van der Waals surface area contributed by atoms with Crippen LogP contribution in [-0.2, 0) is 21.9 Å². The standard InChI is InChI=1S/C26H26F6N6O3S/c1-37(24-35-34-23(42-24)26(30,31)32)22(41)16-11-9-15(10-12-16)19(39)8-5-13-33-21(40)18-14-38(17-6-3-2-4-7-17)36-20(18)25(27,28)29/h2-4,6-7,14-16H,5,8-13H2,1H3,(H,33,40). The number of Topliss-reactive ketones (excluding diaryl/α,β-unsaturated/α-hetero) is 1. The van der Waals surface area contributed by atoms with Crippen LogP contribution in [0.1, 0.15) is 59.6 Å². The molecule has 0 aliphatic heterocycles. The van der Waals surface area contributed by atoms with Gasteiger partial charge in [0.1, 0.15) is 5.78 Å². The summed E-state index contributed by atoms with van der Waals surface area (Å²) in [5, 5.41) is 11.2. The molecule has 1 fully saturated rings. The second-order valence-corrected chi connectivity index (χ2v) is 10.8. The molecule has 0 atom stereocenters. The Bertz CT molecular complexity index is 1410. The number of hydrogen-bond acceptors (Lipinski definition) is 7. The minimum absolute atomic E-state index is 0.0290. The van der Waals surface area contributed by atoms with Crippen molar-refractivity contribution in [3.8, 4) is 5.69 Å². The van der Waals surface area contributed by atoms with Crippen molar-refractivity contribution < 1.29 is 40.7 Å². The van der Waals surface area contributed by atoms with Crippen molar-refractivity contribution in [3.05, 3.63) is 52.8 Å². The average Bonchev–Trinajstić information content (AvgIpc) is 3.64. The van der Waals surface area contributed by atoms with Crippen LogP contribution in [0.4, 0.5) is 31.5 Å². The highest BCUT2D eigenvalue weighted by Gasteiger charge is 2.40. The summed E-state index contributed by atoms with van der Waals surface area (Å²) in [5.41, 5.74) is -1.59. The van der Waals surface area contributed by atoms with Gasteiger partial charge in [-0.1, -0.05) is 29.5 Å². The van der Waals surface area contributed by atoms with Crippen molar-refractivity contribution in [3.63, 3.8) is 0 Å². The first-order valence-corrected chi connectivity index (χ1v) is 13.8. The van der Waals surface area contributed by atoms with E-state index in [1.165, 1.54) is 7.05 Å². The zero-order valence-corrected chi connectivity index (χ0v) is 23.0. The third kappa shape index (κ3) is 7.33. The lowest BCUT2D eigenvalue weighted by atomic mass is 9.78. The van der Waals surface area contributed by atoms with E-state index in [9.17, 15) is 40.7 Å². The van der Waals surface area contributed by atoms with Gasteiger partial charge in [0.05, 0.1) is 11.3 Å². The molecule has 0 bridgehead atoms. The number of nitrogens with zero attached hydrogens (tertiary/aromatic N) is 5. The summed E-state index contributed by atoms with van der Waals surface area (Å²) in [7, 11) is 1.33. The Hall–Kier alpha value is -3.82. The number of para-hydroxylation sites is 1.